The van der Waals surface area contributed by atoms with Crippen molar-refractivity contribution in [3.63, 3.8) is 0 Å². The summed E-state index contributed by atoms with van der Waals surface area (Å²) in [7, 11) is 0. The van der Waals surface area contributed by atoms with E-state index in [4.69, 9.17) is 5.26 Å². The van der Waals surface area contributed by atoms with Gasteiger partial charge in [0, 0.05) is 6.07 Å². The molecular weight excluding hydrogens is 182 g/mol. The van der Waals surface area contributed by atoms with E-state index in [1.165, 1.54) is 12.3 Å². The molecule has 1 amide bonds. The lowest BCUT2D eigenvalue weighted by Gasteiger charge is -2.20. The first-order valence-electron chi connectivity index (χ1n) is 4.25. The fourth-order valence-electron chi connectivity index (χ4n) is 0.840. The molecule has 5 nitrogen and oxygen atoms in total. The molecule has 1 heterocycles. The summed E-state index contributed by atoms with van der Waals surface area (Å²) in [5.74, 6) is -0.398. The molecule has 1 aromatic heterocycles. The number of amides is 1. The molecule has 0 aliphatic carbocycles. The maximum atomic E-state index is 11.5. The largest absolute Gasteiger partial charge is 0.364 e. The number of carbonyl (C=O) groups is 1. The van der Waals surface area contributed by atoms with Crippen LogP contribution in [0.4, 0.5) is 0 Å². The SMILES string of the molecule is CCC(C)(C#N)NC(=O)c1ccon1. The monoisotopic (exact) mass is 193 g/mol. The van der Waals surface area contributed by atoms with E-state index in [2.05, 4.69) is 15.0 Å². The van der Waals surface area contributed by atoms with E-state index in [-0.39, 0.29) is 5.69 Å². The van der Waals surface area contributed by atoms with Crippen molar-refractivity contribution < 1.29 is 9.32 Å². The summed E-state index contributed by atoms with van der Waals surface area (Å²) in [6.07, 6.45) is 1.84. The zero-order valence-corrected chi connectivity index (χ0v) is 8.07. The second kappa shape index (κ2) is 3.92. The lowest BCUT2D eigenvalue weighted by atomic mass is 10.0. The van der Waals surface area contributed by atoms with Crippen molar-refractivity contribution in [3.8, 4) is 6.07 Å². The Labute approximate surface area is 81.7 Å². The highest BCUT2D eigenvalue weighted by molar-refractivity contribution is 5.92. The van der Waals surface area contributed by atoms with E-state index >= 15 is 0 Å². The maximum absolute atomic E-state index is 11.5. The predicted molar refractivity (Wildman–Crippen MR) is 48.3 cm³/mol. The Morgan fingerprint density at radius 1 is 1.86 bits per heavy atom. The van der Waals surface area contributed by atoms with Crippen molar-refractivity contribution >= 4 is 5.91 Å². The fraction of sp³-hybridized carbons (Fsp3) is 0.444. The molecule has 0 bridgehead atoms. The van der Waals surface area contributed by atoms with Crippen LogP contribution in [-0.4, -0.2) is 16.6 Å². The molecule has 0 aliphatic heterocycles. The number of aromatic nitrogens is 1. The number of hydrogen-bond donors (Lipinski definition) is 1. The van der Waals surface area contributed by atoms with E-state index in [9.17, 15) is 4.79 Å². The van der Waals surface area contributed by atoms with Crippen molar-refractivity contribution in [2.45, 2.75) is 25.8 Å². The van der Waals surface area contributed by atoms with E-state index in [0.29, 0.717) is 6.42 Å². The molecule has 0 radical (unpaired) electrons. The number of nitrogens with one attached hydrogen (secondary N) is 1. The van der Waals surface area contributed by atoms with Gasteiger partial charge in [-0.05, 0) is 13.3 Å². The highest BCUT2D eigenvalue weighted by Gasteiger charge is 2.25. The minimum atomic E-state index is -0.851. The van der Waals surface area contributed by atoms with Gasteiger partial charge in [0.05, 0.1) is 6.07 Å². The summed E-state index contributed by atoms with van der Waals surface area (Å²) >= 11 is 0. The summed E-state index contributed by atoms with van der Waals surface area (Å²) in [5.41, 5.74) is -0.671. The van der Waals surface area contributed by atoms with Gasteiger partial charge in [0.15, 0.2) is 5.69 Å². The zero-order valence-electron chi connectivity index (χ0n) is 8.07. The Morgan fingerprint density at radius 2 is 2.57 bits per heavy atom. The smallest absolute Gasteiger partial charge is 0.274 e. The van der Waals surface area contributed by atoms with E-state index in [1.54, 1.807) is 6.92 Å². The van der Waals surface area contributed by atoms with Gasteiger partial charge < -0.3 is 9.84 Å². The van der Waals surface area contributed by atoms with Gasteiger partial charge in [-0.3, -0.25) is 4.79 Å². The lowest BCUT2D eigenvalue weighted by molar-refractivity contribution is 0.0914. The summed E-state index contributed by atoms with van der Waals surface area (Å²) in [6, 6.07) is 3.48. The summed E-state index contributed by atoms with van der Waals surface area (Å²) in [4.78, 5) is 11.5. The van der Waals surface area contributed by atoms with Crippen molar-refractivity contribution in [3.05, 3.63) is 18.0 Å². The number of nitriles is 1. The average Bonchev–Trinajstić information content (AvgIpc) is 2.70. The molecule has 0 aromatic carbocycles. The van der Waals surface area contributed by atoms with Crippen LogP contribution < -0.4 is 5.32 Å². The van der Waals surface area contributed by atoms with Crippen LogP contribution in [0, 0.1) is 11.3 Å². The van der Waals surface area contributed by atoms with Gasteiger partial charge in [0.2, 0.25) is 0 Å². The molecule has 5 heteroatoms. The molecular formula is C9H11N3O2. The quantitative estimate of drug-likeness (QED) is 0.779. The number of rotatable bonds is 3. The standard InChI is InChI=1S/C9H11N3O2/c1-3-9(2,6-10)11-8(13)7-4-5-14-12-7/h4-5H,3H2,1-2H3,(H,11,13). The summed E-state index contributed by atoms with van der Waals surface area (Å²) in [5, 5.41) is 14.9. The molecule has 1 unspecified atom stereocenters. The lowest BCUT2D eigenvalue weighted by Crippen LogP contribution is -2.44. The summed E-state index contributed by atoms with van der Waals surface area (Å²) < 4.78 is 4.52. The number of nitrogens with zero attached hydrogens (tertiary/aromatic N) is 2. The number of carbonyl (C=O) groups excluding carboxylic acids is 1. The minimum Gasteiger partial charge on any atom is -0.364 e. The molecule has 74 valence electrons. The van der Waals surface area contributed by atoms with E-state index in [1.807, 2.05) is 13.0 Å². The Kier molecular flexibility index (Phi) is 2.87. The molecule has 0 fully saturated rings. The van der Waals surface area contributed by atoms with Gasteiger partial charge in [0.25, 0.3) is 5.91 Å². The van der Waals surface area contributed by atoms with Crippen LogP contribution in [0.3, 0.4) is 0 Å². The molecule has 0 aliphatic rings. The molecule has 1 atom stereocenters. The number of hydrogen-bond acceptors (Lipinski definition) is 4. The van der Waals surface area contributed by atoms with Crippen LogP contribution in [-0.2, 0) is 0 Å². The topological polar surface area (TPSA) is 78.9 Å². The van der Waals surface area contributed by atoms with Gasteiger partial charge in [0.1, 0.15) is 11.8 Å². The Bertz CT molecular complexity index is 353. The van der Waals surface area contributed by atoms with Gasteiger partial charge in [-0.25, -0.2) is 0 Å². The molecule has 1 aromatic rings. The van der Waals surface area contributed by atoms with Crippen LogP contribution in [0.5, 0.6) is 0 Å². The van der Waals surface area contributed by atoms with E-state index < -0.39 is 11.4 Å². The molecule has 1 N–H and O–H groups in total. The third-order valence-corrected chi connectivity index (χ3v) is 2.01. The van der Waals surface area contributed by atoms with E-state index in [0.717, 1.165) is 0 Å². The Morgan fingerprint density at radius 3 is 3.00 bits per heavy atom. The Hall–Kier alpha value is -1.83. The summed E-state index contributed by atoms with van der Waals surface area (Å²) in [6.45, 7) is 3.48. The molecule has 1 rings (SSSR count). The molecule has 14 heavy (non-hydrogen) atoms. The normalized spacial score (nSPS) is 14.1. The van der Waals surface area contributed by atoms with Crippen molar-refractivity contribution in [1.82, 2.24) is 10.5 Å². The van der Waals surface area contributed by atoms with Gasteiger partial charge in [-0.2, -0.15) is 5.26 Å². The van der Waals surface area contributed by atoms with Crippen LogP contribution in [0.2, 0.25) is 0 Å². The van der Waals surface area contributed by atoms with Crippen molar-refractivity contribution in [2.75, 3.05) is 0 Å². The predicted octanol–water partition coefficient (Wildman–Crippen LogP) is 1.10. The molecule has 0 saturated carbocycles. The highest BCUT2D eigenvalue weighted by Crippen LogP contribution is 2.08. The first-order valence-corrected chi connectivity index (χ1v) is 4.25. The van der Waals surface area contributed by atoms with Gasteiger partial charge in [-0.1, -0.05) is 12.1 Å². The third kappa shape index (κ3) is 2.10. The molecule has 0 saturated heterocycles. The fourth-order valence-corrected chi connectivity index (χ4v) is 0.840. The van der Waals surface area contributed by atoms with Gasteiger partial charge in [-0.15, -0.1) is 0 Å². The first-order chi connectivity index (χ1) is 6.61. The second-order valence-corrected chi connectivity index (χ2v) is 3.14. The second-order valence-electron chi connectivity index (χ2n) is 3.14. The average molecular weight is 193 g/mol. The highest BCUT2D eigenvalue weighted by atomic mass is 16.5. The van der Waals surface area contributed by atoms with Crippen LogP contribution >= 0.6 is 0 Å². The third-order valence-electron chi connectivity index (χ3n) is 2.01. The zero-order chi connectivity index (χ0) is 10.6. The minimum absolute atomic E-state index is 0.180. The van der Waals surface area contributed by atoms with Crippen molar-refractivity contribution in [2.24, 2.45) is 0 Å². The van der Waals surface area contributed by atoms with Crippen molar-refractivity contribution in [1.29, 1.82) is 5.26 Å². The van der Waals surface area contributed by atoms with Gasteiger partial charge >= 0.3 is 0 Å². The van der Waals surface area contributed by atoms with Crippen LogP contribution in [0.15, 0.2) is 16.9 Å². The Balaban J connectivity index is 2.71. The maximum Gasteiger partial charge on any atom is 0.274 e. The molecule has 0 spiro atoms. The first kappa shape index (κ1) is 10.3. The van der Waals surface area contributed by atoms with Crippen LogP contribution in [0.25, 0.3) is 0 Å². The van der Waals surface area contributed by atoms with Crippen LogP contribution in [0.1, 0.15) is 30.8 Å².